The van der Waals surface area contributed by atoms with Gasteiger partial charge < -0.3 is 10.1 Å². The largest absolute Gasteiger partial charge is 0.385 e. The van der Waals surface area contributed by atoms with Gasteiger partial charge in [0.05, 0.1) is 20.1 Å². The van der Waals surface area contributed by atoms with Crippen molar-refractivity contribution in [2.24, 2.45) is 0 Å². The zero-order valence-corrected chi connectivity index (χ0v) is 11.6. The summed E-state index contributed by atoms with van der Waals surface area (Å²) in [4.78, 5) is 15.1. The van der Waals surface area contributed by atoms with Gasteiger partial charge in [0.1, 0.15) is 5.69 Å². The third-order valence-electron chi connectivity index (χ3n) is 2.65. The van der Waals surface area contributed by atoms with Gasteiger partial charge in [0, 0.05) is 26.3 Å². The van der Waals surface area contributed by atoms with Crippen LogP contribution in [0.3, 0.4) is 0 Å². The van der Waals surface area contributed by atoms with Crippen LogP contribution in [0.1, 0.15) is 11.4 Å². The lowest BCUT2D eigenvalue weighted by atomic mass is 10.2. The average Bonchev–Trinajstić information content (AvgIpc) is 2.72. The van der Waals surface area contributed by atoms with Crippen LogP contribution in [0.5, 0.6) is 0 Å². The van der Waals surface area contributed by atoms with Crippen molar-refractivity contribution in [3.63, 3.8) is 0 Å². The smallest absolute Gasteiger partial charge is 0.293 e. The van der Waals surface area contributed by atoms with Gasteiger partial charge in [-0.3, -0.25) is 10.1 Å². The Labute approximate surface area is 114 Å². The number of fused-ring (bicyclic) bond motifs is 1. The lowest BCUT2D eigenvalue weighted by molar-refractivity contribution is -0.383. The molecule has 1 N–H and O–H groups in total. The Morgan fingerprint density at radius 2 is 2.32 bits per heavy atom. The highest BCUT2D eigenvalue weighted by Gasteiger charge is 2.16. The summed E-state index contributed by atoms with van der Waals surface area (Å²) in [5, 5.41) is 15.1. The Morgan fingerprint density at radius 3 is 3.00 bits per heavy atom. The molecule has 0 unspecified atom stereocenters. The Balaban J connectivity index is 2.28. The van der Waals surface area contributed by atoms with Gasteiger partial charge in [0.2, 0.25) is 0 Å². The second kappa shape index (κ2) is 5.94. The summed E-state index contributed by atoms with van der Waals surface area (Å²) >= 11 is 1.46. The summed E-state index contributed by atoms with van der Waals surface area (Å²) in [5.41, 5.74) is 1.40. The van der Waals surface area contributed by atoms with Crippen LogP contribution in [0.15, 0.2) is 12.1 Å². The molecule has 0 bridgehead atoms. The number of hydrogen-bond donors (Lipinski definition) is 1. The number of nitrogens with one attached hydrogen (secondary N) is 1. The molecule has 0 aliphatic carbocycles. The highest BCUT2D eigenvalue weighted by Crippen LogP contribution is 2.32. The summed E-state index contributed by atoms with van der Waals surface area (Å²) in [7, 11) is 1.63. The van der Waals surface area contributed by atoms with Crippen molar-refractivity contribution in [1.82, 2.24) is 4.98 Å². The molecule has 19 heavy (non-hydrogen) atoms. The van der Waals surface area contributed by atoms with Gasteiger partial charge in [0.15, 0.2) is 0 Å². The Kier molecular flexibility index (Phi) is 4.28. The van der Waals surface area contributed by atoms with E-state index >= 15 is 0 Å². The molecule has 7 heteroatoms. The molecule has 0 atom stereocenters. The van der Waals surface area contributed by atoms with E-state index in [9.17, 15) is 10.1 Å². The first-order chi connectivity index (χ1) is 9.11. The van der Waals surface area contributed by atoms with Crippen molar-refractivity contribution in [2.45, 2.75) is 13.3 Å². The zero-order chi connectivity index (χ0) is 13.8. The molecular weight excluding hydrogens is 266 g/mol. The number of thiazole rings is 1. The van der Waals surface area contributed by atoms with Gasteiger partial charge >= 0.3 is 0 Å². The highest BCUT2D eigenvalue weighted by atomic mass is 32.1. The van der Waals surface area contributed by atoms with E-state index in [-0.39, 0.29) is 10.6 Å². The number of rotatable bonds is 6. The zero-order valence-electron chi connectivity index (χ0n) is 10.8. The van der Waals surface area contributed by atoms with Crippen LogP contribution >= 0.6 is 11.3 Å². The minimum atomic E-state index is -0.368. The highest BCUT2D eigenvalue weighted by molar-refractivity contribution is 7.18. The molecule has 0 saturated carbocycles. The molecule has 102 valence electrons. The van der Waals surface area contributed by atoms with E-state index in [0.717, 1.165) is 21.6 Å². The number of methoxy groups -OCH3 is 1. The molecule has 0 spiro atoms. The van der Waals surface area contributed by atoms with Crippen LogP contribution in [0, 0.1) is 17.0 Å². The summed E-state index contributed by atoms with van der Waals surface area (Å²) in [6.45, 7) is 3.14. The fourth-order valence-corrected chi connectivity index (χ4v) is 2.65. The van der Waals surface area contributed by atoms with Gasteiger partial charge in [-0.15, -0.1) is 11.3 Å². The molecule has 0 amide bonds. The molecule has 2 rings (SSSR count). The number of aryl methyl sites for hydroxylation is 1. The molecule has 0 fully saturated rings. The third-order valence-corrected chi connectivity index (χ3v) is 3.58. The van der Waals surface area contributed by atoms with Crippen molar-refractivity contribution < 1.29 is 9.66 Å². The summed E-state index contributed by atoms with van der Waals surface area (Å²) in [6, 6.07) is 3.32. The first-order valence-electron chi connectivity index (χ1n) is 5.90. The molecule has 1 aromatic heterocycles. The minimum Gasteiger partial charge on any atom is -0.385 e. The van der Waals surface area contributed by atoms with Crippen molar-refractivity contribution in [3.8, 4) is 0 Å². The second-order valence-corrected chi connectivity index (χ2v) is 5.33. The van der Waals surface area contributed by atoms with Crippen molar-refractivity contribution in [1.29, 1.82) is 0 Å². The maximum atomic E-state index is 11.1. The summed E-state index contributed by atoms with van der Waals surface area (Å²) in [6.07, 6.45) is 0.793. The van der Waals surface area contributed by atoms with Crippen molar-refractivity contribution in [3.05, 3.63) is 27.3 Å². The van der Waals surface area contributed by atoms with Crippen LogP contribution in [0.4, 0.5) is 11.4 Å². The number of benzene rings is 1. The predicted molar refractivity (Wildman–Crippen MR) is 76.0 cm³/mol. The molecular formula is C12H15N3O3S. The molecule has 6 nitrogen and oxygen atoms in total. The number of ether oxygens (including phenoxy) is 1. The fourth-order valence-electron chi connectivity index (χ4n) is 1.81. The molecule has 1 heterocycles. The predicted octanol–water partition coefficient (Wildman–Crippen LogP) is 2.96. The van der Waals surface area contributed by atoms with E-state index in [1.54, 1.807) is 19.2 Å². The molecule has 0 aliphatic heterocycles. The summed E-state index contributed by atoms with van der Waals surface area (Å²) in [5.74, 6) is 0. The monoisotopic (exact) mass is 281 g/mol. The Morgan fingerprint density at radius 1 is 1.53 bits per heavy atom. The maximum Gasteiger partial charge on any atom is 0.293 e. The van der Waals surface area contributed by atoms with E-state index in [1.165, 1.54) is 11.3 Å². The van der Waals surface area contributed by atoms with E-state index < -0.39 is 0 Å². The SMILES string of the molecule is COCCCNc1cc2nc(C)sc2cc1[N+](=O)[O-]. The van der Waals surface area contributed by atoms with Gasteiger partial charge in [-0.05, 0) is 19.4 Å². The fraction of sp³-hybridized carbons (Fsp3) is 0.417. The average molecular weight is 281 g/mol. The van der Waals surface area contributed by atoms with Gasteiger partial charge in [-0.25, -0.2) is 4.98 Å². The second-order valence-electron chi connectivity index (χ2n) is 4.10. The van der Waals surface area contributed by atoms with Crippen molar-refractivity contribution in [2.75, 3.05) is 25.6 Å². The van der Waals surface area contributed by atoms with E-state index in [1.807, 2.05) is 6.92 Å². The lowest BCUT2D eigenvalue weighted by Crippen LogP contribution is -2.06. The quantitative estimate of drug-likeness (QED) is 0.500. The topological polar surface area (TPSA) is 77.3 Å². The minimum absolute atomic E-state index is 0.0913. The van der Waals surface area contributed by atoms with Crippen LogP contribution in [-0.4, -0.2) is 30.2 Å². The molecule has 0 saturated heterocycles. The van der Waals surface area contributed by atoms with Crippen LogP contribution in [-0.2, 0) is 4.74 Å². The molecule has 0 aliphatic rings. The molecule has 2 aromatic rings. The van der Waals surface area contributed by atoms with Crippen LogP contribution in [0.25, 0.3) is 10.2 Å². The number of nitro groups is 1. The van der Waals surface area contributed by atoms with Gasteiger partial charge in [0.25, 0.3) is 5.69 Å². The van der Waals surface area contributed by atoms with E-state index in [0.29, 0.717) is 18.8 Å². The first kappa shape index (κ1) is 13.7. The standard InChI is InChI=1S/C12H15N3O3S/c1-8-14-10-6-9(13-4-3-5-18-2)11(15(16)17)7-12(10)19-8/h6-7,13H,3-5H2,1-2H3. The lowest BCUT2D eigenvalue weighted by Gasteiger charge is -2.06. The molecule has 0 radical (unpaired) electrons. The van der Waals surface area contributed by atoms with E-state index in [4.69, 9.17) is 4.74 Å². The van der Waals surface area contributed by atoms with E-state index in [2.05, 4.69) is 10.3 Å². The Hall–Kier alpha value is -1.73. The van der Waals surface area contributed by atoms with Gasteiger partial charge in [-0.1, -0.05) is 0 Å². The maximum absolute atomic E-state index is 11.1. The number of anilines is 1. The van der Waals surface area contributed by atoms with Crippen LogP contribution < -0.4 is 5.32 Å². The first-order valence-corrected chi connectivity index (χ1v) is 6.72. The van der Waals surface area contributed by atoms with Crippen molar-refractivity contribution >= 4 is 32.9 Å². The molecule has 1 aromatic carbocycles. The van der Waals surface area contributed by atoms with Crippen LogP contribution in [0.2, 0.25) is 0 Å². The number of nitrogens with zero attached hydrogens (tertiary/aromatic N) is 2. The Bertz CT molecular complexity index is 597. The number of hydrogen-bond acceptors (Lipinski definition) is 6. The van der Waals surface area contributed by atoms with Gasteiger partial charge in [-0.2, -0.15) is 0 Å². The number of aromatic nitrogens is 1. The normalized spacial score (nSPS) is 10.8. The summed E-state index contributed by atoms with van der Waals surface area (Å²) < 4.78 is 5.79. The number of nitro benzene ring substituents is 1. The third kappa shape index (κ3) is 3.18.